The Balaban J connectivity index is 1.65. The minimum Gasteiger partial charge on any atom is -0.497 e. The summed E-state index contributed by atoms with van der Waals surface area (Å²) < 4.78 is 5.20. The van der Waals surface area contributed by atoms with E-state index in [1.54, 1.807) is 56.2 Å². The molecule has 3 aromatic heterocycles. The molecule has 7 nitrogen and oxygen atoms in total. The third-order valence-electron chi connectivity index (χ3n) is 5.25. The molecule has 2 amide bonds. The Morgan fingerprint density at radius 3 is 2.44 bits per heavy atom. The number of benzene rings is 1. The summed E-state index contributed by atoms with van der Waals surface area (Å²) in [5.74, 6) is 0.244. The van der Waals surface area contributed by atoms with Crippen molar-refractivity contribution in [3.05, 3.63) is 107 Å². The second-order valence-corrected chi connectivity index (χ2v) is 8.51. The lowest BCUT2D eigenvalue weighted by Crippen LogP contribution is -2.44. The largest absolute Gasteiger partial charge is 0.497 e. The van der Waals surface area contributed by atoms with Gasteiger partial charge < -0.3 is 10.1 Å². The third kappa shape index (κ3) is 5.65. The number of hydrogen-bond acceptors (Lipinski definition) is 6. The van der Waals surface area contributed by atoms with Gasteiger partial charge in [0.1, 0.15) is 11.8 Å². The zero-order valence-corrected chi connectivity index (χ0v) is 19.4. The van der Waals surface area contributed by atoms with Crippen molar-refractivity contribution in [1.82, 2.24) is 15.3 Å². The highest BCUT2D eigenvalue weighted by Gasteiger charge is 2.33. The SMILES string of the molecule is COc1ccc(CNC(=O)[C@H](c2ccncc2)N(C(=O)Cc2cccs2)c2cccnc2)cc1. The van der Waals surface area contributed by atoms with E-state index in [9.17, 15) is 9.59 Å². The Morgan fingerprint density at radius 1 is 1.00 bits per heavy atom. The van der Waals surface area contributed by atoms with Crippen LogP contribution in [0.2, 0.25) is 0 Å². The van der Waals surface area contributed by atoms with E-state index >= 15 is 0 Å². The zero-order valence-electron chi connectivity index (χ0n) is 18.6. The average Bonchev–Trinajstić information content (AvgIpc) is 3.40. The van der Waals surface area contributed by atoms with Crippen LogP contribution in [0.15, 0.2) is 90.8 Å². The molecule has 0 aliphatic heterocycles. The molecule has 8 heteroatoms. The van der Waals surface area contributed by atoms with Gasteiger partial charge in [0.25, 0.3) is 0 Å². The second kappa shape index (κ2) is 11.2. The lowest BCUT2D eigenvalue weighted by Gasteiger charge is -2.31. The minimum absolute atomic E-state index is 0.180. The number of methoxy groups -OCH3 is 1. The van der Waals surface area contributed by atoms with Gasteiger partial charge in [0.05, 0.1) is 25.4 Å². The van der Waals surface area contributed by atoms with E-state index in [-0.39, 0.29) is 18.2 Å². The first-order valence-electron chi connectivity index (χ1n) is 10.7. The number of carbonyl (C=O) groups is 2. The predicted octanol–water partition coefficient (Wildman–Crippen LogP) is 4.18. The molecule has 0 radical (unpaired) electrons. The van der Waals surface area contributed by atoms with Gasteiger partial charge in [0.2, 0.25) is 11.8 Å². The predicted molar refractivity (Wildman–Crippen MR) is 132 cm³/mol. The average molecular weight is 473 g/mol. The van der Waals surface area contributed by atoms with Gasteiger partial charge in [-0.2, -0.15) is 0 Å². The summed E-state index contributed by atoms with van der Waals surface area (Å²) in [6.45, 7) is 0.310. The van der Waals surface area contributed by atoms with Gasteiger partial charge in [0.15, 0.2) is 0 Å². The molecule has 4 rings (SSSR count). The Morgan fingerprint density at radius 2 is 1.79 bits per heavy atom. The Hall–Kier alpha value is -4.04. The summed E-state index contributed by atoms with van der Waals surface area (Å²) >= 11 is 1.51. The maximum Gasteiger partial charge on any atom is 0.248 e. The van der Waals surface area contributed by atoms with Crippen LogP contribution in [0.25, 0.3) is 0 Å². The highest BCUT2D eigenvalue weighted by atomic mass is 32.1. The highest BCUT2D eigenvalue weighted by molar-refractivity contribution is 7.10. The summed E-state index contributed by atoms with van der Waals surface area (Å²) in [7, 11) is 1.61. The van der Waals surface area contributed by atoms with E-state index in [1.807, 2.05) is 41.8 Å². The van der Waals surface area contributed by atoms with Gasteiger partial charge in [-0.1, -0.05) is 18.2 Å². The number of nitrogens with one attached hydrogen (secondary N) is 1. The highest BCUT2D eigenvalue weighted by Crippen LogP contribution is 2.28. The number of hydrogen-bond donors (Lipinski definition) is 1. The molecule has 0 bridgehead atoms. The fourth-order valence-corrected chi connectivity index (χ4v) is 4.27. The molecule has 3 heterocycles. The smallest absolute Gasteiger partial charge is 0.248 e. The lowest BCUT2D eigenvalue weighted by molar-refractivity contribution is -0.126. The molecule has 0 aliphatic carbocycles. The van der Waals surface area contributed by atoms with Crippen LogP contribution in [0.4, 0.5) is 5.69 Å². The number of thiophene rings is 1. The molecule has 0 spiro atoms. The van der Waals surface area contributed by atoms with E-state index in [4.69, 9.17) is 4.74 Å². The van der Waals surface area contributed by atoms with Crippen molar-refractivity contribution < 1.29 is 14.3 Å². The number of anilines is 1. The molecule has 4 aromatic rings. The standard InChI is InChI=1S/C26H24N4O3S/c1-33-22-8-6-19(7-9-22)17-29-26(32)25(20-10-13-27-14-11-20)30(21-4-2-12-28-18-21)24(31)16-23-5-3-15-34-23/h2-15,18,25H,16-17H2,1H3,(H,29,32)/t25-/m0/s1. The number of pyridine rings is 2. The van der Waals surface area contributed by atoms with Crippen LogP contribution in [-0.2, 0) is 22.6 Å². The number of ether oxygens (including phenoxy) is 1. The molecule has 1 aromatic carbocycles. The first-order valence-corrected chi connectivity index (χ1v) is 11.6. The summed E-state index contributed by atoms with van der Waals surface area (Å²) in [4.78, 5) is 37.9. The van der Waals surface area contributed by atoms with Gasteiger partial charge in [-0.25, -0.2) is 0 Å². The minimum atomic E-state index is -0.891. The van der Waals surface area contributed by atoms with Crippen LogP contribution >= 0.6 is 11.3 Å². The molecule has 34 heavy (non-hydrogen) atoms. The Kier molecular flexibility index (Phi) is 7.62. The topological polar surface area (TPSA) is 84.4 Å². The maximum atomic E-state index is 13.6. The van der Waals surface area contributed by atoms with E-state index in [0.29, 0.717) is 17.8 Å². The fraction of sp³-hybridized carbons (Fsp3) is 0.154. The van der Waals surface area contributed by atoms with E-state index in [2.05, 4.69) is 15.3 Å². The quantitative estimate of drug-likeness (QED) is 0.395. The number of amides is 2. The second-order valence-electron chi connectivity index (χ2n) is 7.48. The molecular formula is C26H24N4O3S. The van der Waals surface area contributed by atoms with Crippen LogP contribution in [0.5, 0.6) is 5.75 Å². The van der Waals surface area contributed by atoms with E-state index < -0.39 is 6.04 Å². The monoisotopic (exact) mass is 472 g/mol. The fourth-order valence-electron chi connectivity index (χ4n) is 3.57. The van der Waals surface area contributed by atoms with Crippen molar-refractivity contribution in [2.45, 2.75) is 19.0 Å². The summed E-state index contributed by atoms with van der Waals surface area (Å²) in [6.07, 6.45) is 6.64. The third-order valence-corrected chi connectivity index (χ3v) is 6.13. The number of aromatic nitrogens is 2. The normalized spacial score (nSPS) is 11.4. The van der Waals surface area contributed by atoms with Crippen molar-refractivity contribution in [3.8, 4) is 5.75 Å². The zero-order chi connectivity index (χ0) is 23.8. The number of rotatable bonds is 9. The van der Waals surface area contributed by atoms with Gasteiger partial charge in [-0.05, 0) is 59.0 Å². The first-order chi connectivity index (χ1) is 16.7. The first kappa shape index (κ1) is 23.1. The van der Waals surface area contributed by atoms with Gasteiger partial charge in [-0.3, -0.25) is 24.5 Å². The molecular weight excluding hydrogens is 448 g/mol. The molecule has 1 N–H and O–H groups in total. The van der Waals surface area contributed by atoms with Crippen molar-refractivity contribution in [1.29, 1.82) is 0 Å². The summed E-state index contributed by atoms with van der Waals surface area (Å²) in [5.41, 5.74) is 2.12. The lowest BCUT2D eigenvalue weighted by atomic mass is 10.0. The van der Waals surface area contributed by atoms with Gasteiger partial charge in [-0.15, -0.1) is 11.3 Å². The van der Waals surface area contributed by atoms with Crippen LogP contribution in [-0.4, -0.2) is 28.9 Å². The van der Waals surface area contributed by atoms with Crippen LogP contribution in [0.1, 0.15) is 22.0 Å². The molecule has 0 unspecified atom stereocenters. The van der Waals surface area contributed by atoms with Crippen LogP contribution < -0.4 is 15.0 Å². The Labute approximate surface area is 202 Å². The number of carbonyl (C=O) groups excluding carboxylic acids is 2. The Bertz CT molecular complexity index is 1200. The molecule has 0 fully saturated rings. The van der Waals surface area contributed by atoms with Gasteiger partial charge >= 0.3 is 0 Å². The maximum absolute atomic E-state index is 13.6. The van der Waals surface area contributed by atoms with Gasteiger partial charge in [0, 0.05) is 30.0 Å². The molecule has 0 saturated heterocycles. The van der Waals surface area contributed by atoms with Crippen molar-refractivity contribution in [2.75, 3.05) is 12.0 Å². The van der Waals surface area contributed by atoms with Crippen LogP contribution in [0, 0.1) is 0 Å². The summed E-state index contributed by atoms with van der Waals surface area (Å²) in [6, 6.07) is 17.4. The molecule has 0 saturated carbocycles. The molecule has 0 aliphatic rings. The van der Waals surface area contributed by atoms with E-state index in [0.717, 1.165) is 16.2 Å². The molecule has 1 atom stereocenters. The van der Waals surface area contributed by atoms with Crippen molar-refractivity contribution in [3.63, 3.8) is 0 Å². The van der Waals surface area contributed by atoms with E-state index in [1.165, 1.54) is 16.2 Å². The van der Waals surface area contributed by atoms with Crippen molar-refractivity contribution >= 4 is 28.8 Å². The van der Waals surface area contributed by atoms with Crippen molar-refractivity contribution in [2.24, 2.45) is 0 Å². The number of nitrogens with zero attached hydrogens (tertiary/aromatic N) is 3. The molecule has 172 valence electrons. The van der Waals surface area contributed by atoms with Crippen LogP contribution in [0.3, 0.4) is 0 Å². The summed E-state index contributed by atoms with van der Waals surface area (Å²) in [5, 5.41) is 4.92.